The second kappa shape index (κ2) is 19.0. The first kappa shape index (κ1) is 44.6. The van der Waals surface area contributed by atoms with Gasteiger partial charge < -0.3 is 27.1 Å². The number of aliphatic imine (C=N–C) groups is 1. The first-order chi connectivity index (χ1) is 27.3. The van der Waals surface area contributed by atoms with Gasteiger partial charge in [-0.25, -0.2) is 13.2 Å². The highest BCUT2D eigenvalue weighted by molar-refractivity contribution is 7.91. The zero-order valence-electron chi connectivity index (χ0n) is 35.4. The van der Waals surface area contributed by atoms with E-state index < -0.39 is 9.84 Å². The van der Waals surface area contributed by atoms with Crippen molar-refractivity contribution >= 4 is 32.7 Å². The average Bonchev–Trinajstić information content (AvgIpc) is 3.59. The van der Waals surface area contributed by atoms with Gasteiger partial charge in [-0.1, -0.05) is 65.8 Å². The topological polar surface area (TPSA) is 206 Å². The molecule has 58 heavy (non-hydrogen) atoms. The van der Waals surface area contributed by atoms with Crippen molar-refractivity contribution in [1.29, 1.82) is 5.41 Å². The molecule has 13 nitrogen and oxygen atoms in total. The van der Waals surface area contributed by atoms with Crippen LogP contribution in [0.4, 0.5) is 0 Å². The maximum absolute atomic E-state index is 12.7. The van der Waals surface area contributed by atoms with Gasteiger partial charge in [0.05, 0.1) is 22.2 Å². The van der Waals surface area contributed by atoms with Gasteiger partial charge in [-0.05, 0) is 110 Å². The van der Waals surface area contributed by atoms with Crippen LogP contribution in [0.5, 0.6) is 0 Å². The highest BCUT2D eigenvalue weighted by Crippen LogP contribution is 2.34. The van der Waals surface area contributed by atoms with Crippen LogP contribution in [0.3, 0.4) is 0 Å². The first-order valence-corrected chi connectivity index (χ1v) is 22.3. The molecule has 0 saturated carbocycles. The molecule has 0 amide bonds. The number of H-pyrrole nitrogens is 1. The number of piperidine rings is 3. The normalized spacial score (nSPS) is 18.2. The SMILES string of the molecule is CC(C)(C)c1cc2cn(-c3ccc(CN(CCCCC(=N)N)CCCN=C(N)N)cc3)c(=O)nc2[nH]1.CC(C)(C)c1ccc(S(=O)(=O)CC2CN3CCC2CC3)cc1. The van der Waals surface area contributed by atoms with Crippen molar-refractivity contribution in [3.8, 4) is 5.69 Å². The first-order valence-electron chi connectivity index (χ1n) is 20.7. The van der Waals surface area contributed by atoms with Crippen LogP contribution in [-0.4, -0.2) is 89.6 Å². The van der Waals surface area contributed by atoms with Crippen LogP contribution < -0.4 is 22.9 Å². The van der Waals surface area contributed by atoms with Crippen LogP contribution in [0.25, 0.3) is 16.7 Å². The number of fused-ring (bicyclic) bond motifs is 4. The third kappa shape index (κ3) is 12.5. The Kier molecular flexibility index (Phi) is 14.6. The Labute approximate surface area is 344 Å². The lowest BCUT2D eigenvalue weighted by Gasteiger charge is -2.44. The van der Waals surface area contributed by atoms with E-state index in [0.29, 0.717) is 41.1 Å². The number of guanidine groups is 1. The fourth-order valence-corrected chi connectivity index (χ4v) is 9.53. The Bertz CT molecular complexity index is 2170. The van der Waals surface area contributed by atoms with E-state index in [4.69, 9.17) is 22.6 Å². The van der Waals surface area contributed by atoms with Crippen molar-refractivity contribution in [3.05, 3.63) is 88.1 Å². The minimum absolute atomic E-state index is 0.0537. The van der Waals surface area contributed by atoms with Crippen LogP contribution >= 0.6 is 0 Å². The van der Waals surface area contributed by atoms with Gasteiger partial charge in [0.2, 0.25) is 0 Å². The summed E-state index contributed by atoms with van der Waals surface area (Å²) in [6, 6.07) is 17.6. The fraction of sp³-hybridized carbons (Fsp3) is 0.545. The number of amidine groups is 1. The van der Waals surface area contributed by atoms with E-state index in [-0.39, 0.29) is 28.3 Å². The Morgan fingerprint density at radius 2 is 1.59 bits per heavy atom. The highest BCUT2D eigenvalue weighted by atomic mass is 32.2. The molecule has 0 aliphatic carbocycles. The average molecular weight is 815 g/mol. The molecule has 2 aromatic carbocycles. The van der Waals surface area contributed by atoms with Crippen molar-refractivity contribution in [2.24, 2.45) is 34.0 Å². The number of nitrogens with zero attached hydrogens (tertiary/aromatic N) is 5. The molecule has 0 spiro atoms. The summed E-state index contributed by atoms with van der Waals surface area (Å²) < 4.78 is 27.0. The zero-order chi connectivity index (χ0) is 42.3. The Morgan fingerprint density at radius 1 is 0.931 bits per heavy atom. The molecule has 3 saturated heterocycles. The minimum atomic E-state index is -3.17. The summed E-state index contributed by atoms with van der Waals surface area (Å²) in [5.74, 6) is 1.56. The summed E-state index contributed by atoms with van der Waals surface area (Å²) in [7, 11) is -3.17. The van der Waals surface area contributed by atoms with Gasteiger partial charge in [0, 0.05) is 55.3 Å². The monoisotopic (exact) mass is 815 g/mol. The maximum Gasteiger partial charge on any atom is 0.354 e. The molecule has 3 fully saturated rings. The van der Waals surface area contributed by atoms with E-state index in [0.717, 1.165) is 80.9 Å². The number of hydrogen-bond donors (Lipinski definition) is 5. The predicted octanol–water partition coefficient (Wildman–Crippen LogP) is 5.68. The van der Waals surface area contributed by atoms with E-state index in [9.17, 15) is 13.2 Å². The summed E-state index contributed by atoms with van der Waals surface area (Å²) in [6.45, 7) is 19.1. The van der Waals surface area contributed by atoms with Gasteiger partial charge in [-0.3, -0.25) is 19.9 Å². The Balaban J connectivity index is 0.000000247. The number of nitrogens with one attached hydrogen (secondary N) is 2. The molecular weight excluding hydrogens is 749 g/mol. The number of rotatable bonds is 15. The number of aromatic amines is 1. The molecule has 3 aliphatic rings. The number of sulfone groups is 1. The molecule has 2 bridgehead atoms. The van der Waals surface area contributed by atoms with Gasteiger partial charge >= 0.3 is 5.69 Å². The third-order valence-electron chi connectivity index (χ3n) is 11.3. The lowest BCUT2D eigenvalue weighted by molar-refractivity contribution is 0.0618. The molecule has 316 valence electrons. The quantitative estimate of drug-likeness (QED) is 0.0568. The number of benzene rings is 2. The molecule has 1 atom stereocenters. The van der Waals surface area contributed by atoms with Crippen molar-refractivity contribution in [3.63, 3.8) is 0 Å². The van der Waals surface area contributed by atoms with Crippen molar-refractivity contribution < 1.29 is 8.42 Å². The van der Waals surface area contributed by atoms with Crippen molar-refractivity contribution in [1.82, 2.24) is 24.3 Å². The second-order valence-electron chi connectivity index (χ2n) is 18.2. The molecule has 4 aromatic rings. The van der Waals surface area contributed by atoms with Crippen molar-refractivity contribution in [2.45, 2.75) is 102 Å². The van der Waals surface area contributed by atoms with Crippen LogP contribution in [0.15, 0.2) is 75.5 Å². The standard InChI is InChI=1S/C26H39N9O.C18H27NO2S/c1-26(2,3)21-15-19-17-35(25(36)33-23(19)32-21)20-10-8-18(9-11-20)16-34(13-5-4-7-22(27)28)14-6-12-31-24(29)30;1-18(2,3)16-4-6-17(7-5-16)22(20,21)13-15-12-19-10-8-14(15)9-11-19/h8-11,15,17H,4-7,12-14,16H2,1-3H3,(H3,27,28)(H4,29,30,31)(H,32,33,36);4-7,14-15H,8-13H2,1-3H3. The van der Waals surface area contributed by atoms with Gasteiger partial charge in [0.15, 0.2) is 15.8 Å². The van der Waals surface area contributed by atoms with E-state index in [2.05, 4.69) is 72.4 Å². The molecule has 1 unspecified atom stereocenters. The molecule has 3 aliphatic heterocycles. The third-order valence-corrected chi connectivity index (χ3v) is 13.2. The van der Waals surface area contributed by atoms with E-state index in [1.807, 2.05) is 42.6 Å². The van der Waals surface area contributed by atoms with Gasteiger partial charge in [0.25, 0.3) is 0 Å². The van der Waals surface area contributed by atoms with Crippen LogP contribution in [-0.2, 0) is 27.2 Å². The second-order valence-corrected chi connectivity index (χ2v) is 20.2. The molecule has 0 radical (unpaired) electrons. The number of unbranched alkanes of at least 4 members (excludes halogenated alkanes) is 1. The smallest absolute Gasteiger partial charge is 0.354 e. The summed E-state index contributed by atoms with van der Waals surface area (Å²) >= 11 is 0. The molecule has 2 aromatic heterocycles. The lowest BCUT2D eigenvalue weighted by atomic mass is 9.80. The molecular formula is C44H66N10O3S. The zero-order valence-corrected chi connectivity index (χ0v) is 36.2. The van der Waals surface area contributed by atoms with Crippen LogP contribution in [0.1, 0.15) is 96.9 Å². The number of aromatic nitrogens is 3. The van der Waals surface area contributed by atoms with Crippen LogP contribution in [0, 0.1) is 17.2 Å². The summed E-state index contributed by atoms with van der Waals surface area (Å²) in [4.78, 5) is 29.6. The molecule has 5 heterocycles. The molecule has 14 heteroatoms. The Morgan fingerprint density at radius 3 is 2.16 bits per heavy atom. The Hall–Kier alpha value is -4.53. The van der Waals surface area contributed by atoms with E-state index in [1.54, 1.807) is 16.7 Å². The fourth-order valence-electron chi connectivity index (χ4n) is 7.84. The van der Waals surface area contributed by atoms with Gasteiger partial charge in [-0.2, -0.15) is 4.98 Å². The summed E-state index contributed by atoms with van der Waals surface area (Å²) in [6.07, 6.45) is 7.48. The molecule has 8 N–H and O–H groups in total. The summed E-state index contributed by atoms with van der Waals surface area (Å²) in [5.41, 5.74) is 20.8. The highest BCUT2D eigenvalue weighted by Gasteiger charge is 2.37. The molecule has 7 rings (SSSR count). The largest absolute Gasteiger partial charge is 0.388 e. The van der Waals surface area contributed by atoms with Crippen LogP contribution in [0.2, 0.25) is 0 Å². The maximum atomic E-state index is 12.7. The van der Waals surface area contributed by atoms with Gasteiger partial charge in [0.1, 0.15) is 5.65 Å². The number of hydrogen-bond acceptors (Lipinski definition) is 8. The van der Waals surface area contributed by atoms with E-state index in [1.165, 1.54) is 18.4 Å². The van der Waals surface area contributed by atoms with E-state index >= 15 is 0 Å². The van der Waals surface area contributed by atoms with Gasteiger partial charge in [-0.15, -0.1) is 0 Å². The minimum Gasteiger partial charge on any atom is -0.388 e. The number of nitrogens with two attached hydrogens (primary N) is 3. The van der Waals surface area contributed by atoms with Crippen molar-refractivity contribution in [2.75, 3.05) is 45.0 Å². The lowest BCUT2D eigenvalue weighted by Crippen LogP contribution is -2.49. The summed E-state index contributed by atoms with van der Waals surface area (Å²) in [5, 5.41) is 8.31. The predicted molar refractivity (Wildman–Crippen MR) is 237 cm³/mol.